The molecule has 0 aliphatic carbocycles. The monoisotopic (exact) mass is 381 g/mol. The van der Waals surface area contributed by atoms with Crippen molar-refractivity contribution >= 4 is 33.4 Å². The second kappa shape index (κ2) is 7.00. The molecule has 0 bridgehead atoms. The smallest absolute Gasteiger partial charge is 0.305 e. The zero-order chi connectivity index (χ0) is 18.8. The van der Waals surface area contributed by atoms with E-state index in [4.69, 9.17) is 4.42 Å². The van der Waals surface area contributed by atoms with Crippen molar-refractivity contribution in [1.82, 2.24) is 15.8 Å². The van der Waals surface area contributed by atoms with Crippen LogP contribution in [0.25, 0.3) is 21.0 Å². The number of furan rings is 1. The molecular weight excluding hydrogens is 369 g/mol. The lowest BCUT2D eigenvalue weighted by atomic mass is 10.2. The third-order valence-electron chi connectivity index (χ3n) is 3.74. The van der Waals surface area contributed by atoms with Gasteiger partial charge in [0, 0.05) is 0 Å². The molecule has 2 amide bonds. The number of para-hydroxylation sites is 1. The minimum absolute atomic E-state index is 0.00177. The zero-order valence-electron chi connectivity index (χ0n) is 13.7. The van der Waals surface area contributed by atoms with Crippen LogP contribution in [0.4, 0.5) is 4.39 Å². The highest BCUT2D eigenvalue weighted by molar-refractivity contribution is 7.21. The summed E-state index contributed by atoms with van der Waals surface area (Å²) in [6, 6.07) is 16.2. The summed E-state index contributed by atoms with van der Waals surface area (Å²) in [5, 5.41) is 0.644. The lowest BCUT2D eigenvalue weighted by Gasteiger charge is -2.06. The van der Waals surface area contributed by atoms with E-state index in [0.29, 0.717) is 10.8 Å². The molecule has 2 aromatic carbocycles. The highest BCUT2D eigenvalue weighted by atomic mass is 32.1. The molecule has 0 radical (unpaired) electrons. The third kappa shape index (κ3) is 3.42. The van der Waals surface area contributed by atoms with Crippen molar-refractivity contribution in [1.29, 1.82) is 0 Å². The fourth-order valence-corrected chi connectivity index (χ4v) is 3.37. The Morgan fingerprint density at radius 1 is 0.926 bits per heavy atom. The molecule has 0 saturated carbocycles. The van der Waals surface area contributed by atoms with Crippen LogP contribution in [0.1, 0.15) is 20.9 Å². The number of fused-ring (bicyclic) bond motifs is 1. The maximum Gasteiger partial charge on any atom is 0.305 e. The van der Waals surface area contributed by atoms with Gasteiger partial charge in [0.25, 0.3) is 5.91 Å². The molecule has 27 heavy (non-hydrogen) atoms. The number of thiazole rings is 1. The molecular formula is C19H12FN3O3S. The topological polar surface area (TPSA) is 84.2 Å². The number of hydrazine groups is 1. The molecule has 2 N–H and O–H groups in total. The Bertz CT molecular complexity index is 1120. The van der Waals surface area contributed by atoms with E-state index in [2.05, 4.69) is 15.8 Å². The van der Waals surface area contributed by atoms with Crippen molar-refractivity contribution in [2.75, 3.05) is 0 Å². The first kappa shape index (κ1) is 16.9. The average molecular weight is 381 g/mol. The Labute approximate surface area is 156 Å². The Morgan fingerprint density at radius 3 is 2.48 bits per heavy atom. The van der Waals surface area contributed by atoms with Gasteiger partial charge in [-0.25, -0.2) is 9.37 Å². The third-order valence-corrected chi connectivity index (χ3v) is 4.79. The maximum absolute atomic E-state index is 13.6. The molecule has 4 rings (SSSR count). The van der Waals surface area contributed by atoms with Gasteiger partial charge < -0.3 is 4.42 Å². The van der Waals surface area contributed by atoms with Gasteiger partial charge in [0.2, 0.25) is 0 Å². The minimum Gasteiger partial charge on any atom is -0.448 e. The van der Waals surface area contributed by atoms with Crippen LogP contribution in [-0.4, -0.2) is 16.8 Å². The lowest BCUT2D eigenvalue weighted by Crippen LogP contribution is -2.41. The molecule has 0 saturated heterocycles. The zero-order valence-corrected chi connectivity index (χ0v) is 14.5. The van der Waals surface area contributed by atoms with Crippen molar-refractivity contribution in [2.45, 2.75) is 0 Å². The molecule has 6 nitrogen and oxygen atoms in total. The van der Waals surface area contributed by atoms with Gasteiger partial charge in [0.05, 0.1) is 15.8 Å². The van der Waals surface area contributed by atoms with Gasteiger partial charge in [-0.1, -0.05) is 24.3 Å². The largest absolute Gasteiger partial charge is 0.448 e. The predicted octanol–water partition coefficient (Wildman–Crippen LogP) is 3.77. The molecule has 0 spiro atoms. The summed E-state index contributed by atoms with van der Waals surface area (Å²) >= 11 is 1.44. The van der Waals surface area contributed by atoms with Gasteiger partial charge in [0.1, 0.15) is 5.82 Å². The first-order valence-electron chi connectivity index (χ1n) is 7.93. The normalized spacial score (nSPS) is 10.7. The number of nitrogens with zero attached hydrogens (tertiary/aromatic N) is 1. The number of halogens is 1. The average Bonchev–Trinajstić information content (AvgIpc) is 3.33. The van der Waals surface area contributed by atoms with Gasteiger partial charge in [-0.15, -0.1) is 11.3 Å². The standard InChI is InChI=1S/C19H12FN3O3S/c20-12-6-2-1-5-11(12)17(24)22-23-18(25)14-9-10-15(26-14)19-21-13-7-3-4-8-16(13)27-19/h1-10H,(H,22,24)(H,23,25). The van der Waals surface area contributed by atoms with Gasteiger partial charge in [-0.05, 0) is 36.4 Å². The summed E-state index contributed by atoms with van der Waals surface area (Å²) in [4.78, 5) is 28.5. The summed E-state index contributed by atoms with van der Waals surface area (Å²) in [6.07, 6.45) is 0. The van der Waals surface area contributed by atoms with Crippen LogP contribution < -0.4 is 10.9 Å². The summed E-state index contributed by atoms with van der Waals surface area (Å²) in [5.41, 5.74) is 5.03. The van der Waals surface area contributed by atoms with Crippen molar-refractivity contribution in [3.05, 3.63) is 77.8 Å². The van der Waals surface area contributed by atoms with E-state index in [-0.39, 0.29) is 11.3 Å². The van der Waals surface area contributed by atoms with Gasteiger partial charge >= 0.3 is 5.91 Å². The molecule has 0 fully saturated rings. The van der Waals surface area contributed by atoms with Crippen LogP contribution in [0.5, 0.6) is 0 Å². The van der Waals surface area contributed by atoms with Crippen LogP contribution in [0.15, 0.2) is 65.1 Å². The highest BCUT2D eigenvalue weighted by Crippen LogP contribution is 2.31. The number of hydrogen-bond acceptors (Lipinski definition) is 5. The Balaban J connectivity index is 1.46. The molecule has 2 heterocycles. The first-order chi connectivity index (χ1) is 13.1. The molecule has 4 aromatic rings. The minimum atomic E-state index is -0.764. The van der Waals surface area contributed by atoms with Gasteiger partial charge in [-0.2, -0.15) is 0 Å². The molecule has 0 atom stereocenters. The van der Waals surface area contributed by atoms with E-state index in [1.54, 1.807) is 6.07 Å². The predicted molar refractivity (Wildman–Crippen MR) is 98.7 cm³/mol. The SMILES string of the molecule is O=C(NNC(=O)c1ccccc1F)c1ccc(-c2nc3ccccc3s2)o1. The van der Waals surface area contributed by atoms with E-state index >= 15 is 0 Å². The fraction of sp³-hybridized carbons (Fsp3) is 0. The fourth-order valence-electron chi connectivity index (χ4n) is 2.44. The number of carbonyl (C=O) groups excluding carboxylic acids is 2. The molecule has 134 valence electrons. The van der Waals surface area contributed by atoms with Gasteiger partial charge in [0.15, 0.2) is 16.5 Å². The summed E-state index contributed by atoms with van der Waals surface area (Å²) in [5.74, 6) is -1.66. The van der Waals surface area contributed by atoms with Crippen LogP contribution >= 0.6 is 11.3 Å². The van der Waals surface area contributed by atoms with E-state index in [1.807, 2.05) is 24.3 Å². The van der Waals surface area contributed by atoms with Crippen LogP contribution in [0.2, 0.25) is 0 Å². The number of nitrogens with one attached hydrogen (secondary N) is 2. The molecule has 2 aromatic heterocycles. The van der Waals surface area contributed by atoms with E-state index in [0.717, 1.165) is 16.3 Å². The maximum atomic E-state index is 13.6. The Kier molecular flexibility index (Phi) is 4.39. The number of hydrogen-bond donors (Lipinski definition) is 2. The first-order valence-corrected chi connectivity index (χ1v) is 8.74. The number of aromatic nitrogens is 1. The van der Waals surface area contributed by atoms with Crippen LogP contribution in [-0.2, 0) is 0 Å². The van der Waals surface area contributed by atoms with Crippen molar-refractivity contribution in [3.63, 3.8) is 0 Å². The van der Waals surface area contributed by atoms with E-state index < -0.39 is 17.6 Å². The van der Waals surface area contributed by atoms with Crippen molar-refractivity contribution < 1.29 is 18.4 Å². The van der Waals surface area contributed by atoms with Gasteiger partial charge in [-0.3, -0.25) is 20.4 Å². The van der Waals surface area contributed by atoms with Crippen molar-refractivity contribution in [3.8, 4) is 10.8 Å². The number of rotatable bonds is 3. The Morgan fingerprint density at radius 2 is 1.67 bits per heavy atom. The van der Waals surface area contributed by atoms with Crippen LogP contribution in [0.3, 0.4) is 0 Å². The second-order valence-electron chi connectivity index (χ2n) is 5.54. The number of carbonyl (C=O) groups is 2. The second-order valence-corrected chi connectivity index (χ2v) is 6.57. The Hall–Kier alpha value is -3.52. The lowest BCUT2D eigenvalue weighted by molar-refractivity contribution is 0.0829. The van der Waals surface area contributed by atoms with E-state index in [9.17, 15) is 14.0 Å². The van der Waals surface area contributed by atoms with E-state index in [1.165, 1.54) is 35.6 Å². The highest BCUT2D eigenvalue weighted by Gasteiger charge is 2.17. The summed E-state index contributed by atoms with van der Waals surface area (Å²) in [6.45, 7) is 0. The quantitative estimate of drug-likeness (QED) is 0.529. The number of benzene rings is 2. The molecule has 8 heteroatoms. The molecule has 0 aliphatic rings. The molecule has 0 unspecified atom stereocenters. The summed E-state index contributed by atoms with van der Waals surface area (Å²) < 4.78 is 20.1. The van der Waals surface area contributed by atoms with Crippen LogP contribution in [0, 0.1) is 5.82 Å². The molecule has 0 aliphatic heterocycles. The van der Waals surface area contributed by atoms with Crippen molar-refractivity contribution in [2.24, 2.45) is 0 Å². The number of amides is 2. The summed E-state index contributed by atoms with van der Waals surface area (Å²) in [7, 11) is 0.